The van der Waals surface area contributed by atoms with Crippen LogP contribution in [0.1, 0.15) is 24.8 Å². The number of hydrogen-bond acceptors (Lipinski definition) is 4. The van der Waals surface area contributed by atoms with Crippen LogP contribution in [-0.4, -0.2) is 36.8 Å². The Morgan fingerprint density at radius 1 is 1.03 bits per heavy atom. The standard InChI is InChI=1S/C21H22ClN3O3S2/c22-19-7-3-2-6-16(19)8-13-20(26)24-21(29)23-17-9-11-18(12-10-17)30(27,28)25-14-4-1-5-15-25/h2-3,6-13H,1,4-5,14-15H2,(H2,23,24,26,29). The van der Waals surface area contributed by atoms with Gasteiger partial charge in [-0.2, -0.15) is 4.31 Å². The summed E-state index contributed by atoms with van der Waals surface area (Å²) in [5.41, 5.74) is 1.30. The zero-order valence-electron chi connectivity index (χ0n) is 16.2. The minimum absolute atomic E-state index is 0.107. The number of rotatable bonds is 5. The van der Waals surface area contributed by atoms with E-state index in [0.717, 1.165) is 24.8 Å². The number of nitrogens with one attached hydrogen (secondary N) is 2. The van der Waals surface area contributed by atoms with Gasteiger partial charge in [0.15, 0.2) is 5.11 Å². The highest BCUT2D eigenvalue weighted by Gasteiger charge is 2.25. The first-order chi connectivity index (χ1) is 14.4. The molecule has 0 bridgehead atoms. The average molecular weight is 464 g/mol. The van der Waals surface area contributed by atoms with Crippen LogP contribution in [0.25, 0.3) is 6.08 Å². The third-order valence-corrected chi connectivity index (χ3v) is 7.08. The lowest BCUT2D eigenvalue weighted by Crippen LogP contribution is -2.35. The second-order valence-corrected chi connectivity index (χ2v) is 9.54. The highest BCUT2D eigenvalue weighted by molar-refractivity contribution is 7.89. The van der Waals surface area contributed by atoms with Gasteiger partial charge in [0.1, 0.15) is 0 Å². The first-order valence-corrected chi connectivity index (χ1v) is 11.7. The van der Waals surface area contributed by atoms with Crippen molar-refractivity contribution in [2.45, 2.75) is 24.2 Å². The van der Waals surface area contributed by atoms with Crippen molar-refractivity contribution >= 4 is 56.6 Å². The van der Waals surface area contributed by atoms with E-state index in [0.29, 0.717) is 23.8 Å². The van der Waals surface area contributed by atoms with Crippen LogP contribution in [0.4, 0.5) is 5.69 Å². The molecule has 9 heteroatoms. The monoisotopic (exact) mass is 463 g/mol. The summed E-state index contributed by atoms with van der Waals surface area (Å²) in [6, 6.07) is 13.5. The molecule has 0 unspecified atom stereocenters. The first kappa shape index (κ1) is 22.4. The molecular weight excluding hydrogens is 442 g/mol. The molecule has 30 heavy (non-hydrogen) atoms. The zero-order chi connectivity index (χ0) is 21.6. The molecule has 0 radical (unpaired) electrons. The molecular formula is C21H22ClN3O3S2. The molecule has 1 heterocycles. The Hall–Kier alpha value is -2.26. The second kappa shape index (κ2) is 10.2. The number of thiocarbonyl (C=S) groups is 1. The number of carbonyl (C=O) groups is 1. The predicted molar refractivity (Wildman–Crippen MR) is 124 cm³/mol. The van der Waals surface area contributed by atoms with E-state index in [4.69, 9.17) is 23.8 Å². The summed E-state index contributed by atoms with van der Waals surface area (Å²) in [6.07, 6.45) is 5.77. The van der Waals surface area contributed by atoms with E-state index in [-0.39, 0.29) is 10.0 Å². The van der Waals surface area contributed by atoms with Gasteiger partial charge in [-0.15, -0.1) is 0 Å². The quantitative estimate of drug-likeness (QED) is 0.516. The lowest BCUT2D eigenvalue weighted by Gasteiger charge is -2.25. The summed E-state index contributed by atoms with van der Waals surface area (Å²) < 4.78 is 26.9. The van der Waals surface area contributed by atoms with Crippen molar-refractivity contribution in [3.8, 4) is 0 Å². The number of hydrogen-bond donors (Lipinski definition) is 2. The lowest BCUT2D eigenvalue weighted by atomic mass is 10.2. The van der Waals surface area contributed by atoms with Crippen LogP contribution in [0.15, 0.2) is 59.5 Å². The van der Waals surface area contributed by atoms with E-state index in [1.807, 2.05) is 12.1 Å². The van der Waals surface area contributed by atoms with Gasteiger partial charge >= 0.3 is 0 Å². The zero-order valence-corrected chi connectivity index (χ0v) is 18.6. The van der Waals surface area contributed by atoms with E-state index in [2.05, 4.69) is 10.6 Å². The molecule has 0 spiro atoms. The summed E-state index contributed by atoms with van der Waals surface area (Å²) >= 11 is 11.2. The van der Waals surface area contributed by atoms with Crippen molar-refractivity contribution in [1.29, 1.82) is 0 Å². The molecule has 1 fully saturated rings. The van der Waals surface area contributed by atoms with Crippen LogP contribution < -0.4 is 10.6 Å². The topological polar surface area (TPSA) is 78.5 Å². The maximum Gasteiger partial charge on any atom is 0.250 e. The van der Waals surface area contributed by atoms with Gasteiger partial charge in [-0.25, -0.2) is 8.42 Å². The fourth-order valence-corrected chi connectivity index (χ4v) is 4.99. The summed E-state index contributed by atoms with van der Waals surface area (Å²) in [7, 11) is -3.48. The summed E-state index contributed by atoms with van der Waals surface area (Å²) in [4.78, 5) is 12.3. The largest absolute Gasteiger partial charge is 0.332 e. The summed E-state index contributed by atoms with van der Waals surface area (Å²) in [6.45, 7) is 1.11. The van der Waals surface area contributed by atoms with E-state index < -0.39 is 15.9 Å². The maximum absolute atomic E-state index is 12.7. The van der Waals surface area contributed by atoms with Crippen LogP contribution >= 0.6 is 23.8 Å². The van der Waals surface area contributed by atoms with Crippen LogP contribution in [-0.2, 0) is 14.8 Å². The number of nitrogens with zero attached hydrogens (tertiary/aromatic N) is 1. The Morgan fingerprint density at radius 2 is 1.70 bits per heavy atom. The van der Waals surface area contributed by atoms with Gasteiger partial charge in [0.05, 0.1) is 4.90 Å². The van der Waals surface area contributed by atoms with E-state index in [1.54, 1.807) is 30.3 Å². The van der Waals surface area contributed by atoms with Gasteiger partial charge in [-0.05, 0) is 67.0 Å². The van der Waals surface area contributed by atoms with E-state index >= 15 is 0 Å². The Morgan fingerprint density at radius 3 is 2.37 bits per heavy atom. The minimum atomic E-state index is -3.48. The van der Waals surface area contributed by atoms with Crippen molar-refractivity contribution < 1.29 is 13.2 Å². The molecule has 1 saturated heterocycles. The molecule has 0 atom stereocenters. The molecule has 3 rings (SSSR count). The van der Waals surface area contributed by atoms with Gasteiger partial charge in [-0.3, -0.25) is 10.1 Å². The number of sulfonamides is 1. The third kappa shape index (κ3) is 5.89. The number of anilines is 1. The van der Waals surface area contributed by atoms with Crippen molar-refractivity contribution in [2.24, 2.45) is 0 Å². The number of amides is 1. The molecule has 0 aromatic heterocycles. The molecule has 2 N–H and O–H groups in total. The molecule has 2 aromatic rings. The number of halogens is 1. The SMILES string of the molecule is O=C(C=Cc1ccccc1Cl)NC(=S)Nc1ccc(S(=O)(=O)N2CCCCC2)cc1. The van der Waals surface area contributed by atoms with Crippen molar-refractivity contribution in [1.82, 2.24) is 9.62 Å². The van der Waals surface area contributed by atoms with E-state index in [9.17, 15) is 13.2 Å². The molecule has 0 saturated carbocycles. The van der Waals surface area contributed by atoms with Gasteiger partial charge in [-0.1, -0.05) is 36.2 Å². The smallest absolute Gasteiger partial charge is 0.250 e. The fraction of sp³-hybridized carbons (Fsp3) is 0.238. The Labute approximate surface area is 187 Å². The molecule has 6 nitrogen and oxygen atoms in total. The van der Waals surface area contributed by atoms with Gasteiger partial charge < -0.3 is 5.32 Å². The molecule has 2 aromatic carbocycles. The molecule has 1 amide bonds. The number of carbonyl (C=O) groups excluding carboxylic acids is 1. The van der Waals surface area contributed by atoms with Gasteiger partial charge in [0, 0.05) is 29.9 Å². The first-order valence-electron chi connectivity index (χ1n) is 9.51. The molecule has 1 aliphatic heterocycles. The highest BCUT2D eigenvalue weighted by atomic mass is 35.5. The fourth-order valence-electron chi connectivity index (χ4n) is 3.06. The maximum atomic E-state index is 12.7. The second-order valence-electron chi connectivity index (χ2n) is 6.79. The van der Waals surface area contributed by atoms with Crippen molar-refractivity contribution in [2.75, 3.05) is 18.4 Å². The normalized spacial score (nSPS) is 15.1. The minimum Gasteiger partial charge on any atom is -0.332 e. The lowest BCUT2D eigenvalue weighted by molar-refractivity contribution is -0.115. The summed E-state index contributed by atoms with van der Waals surface area (Å²) in [5.74, 6) is -0.406. The van der Waals surface area contributed by atoms with Crippen molar-refractivity contribution in [3.63, 3.8) is 0 Å². The molecule has 158 valence electrons. The predicted octanol–water partition coefficient (Wildman–Crippen LogP) is 4.04. The van der Waals surface area contributed by atoms with Crippen molar-refractivity contribution in [3.05, 3.63) is 65.2 Å². The number of benzene rings is 2. The molecule has 1 aliphatic rings. The molecule has 0 aliphatic carbocycles. The van der Waals surface area contributed by atoms with Gasteiger partial charge in [0.2, 0.25) is 15.9 Å². The highest BCUT2D eigenvalue weighted by Crippen LogP contribution is 2.22. The van der Waals surface area contributed by atoms with Crippen LogP contribution in [0.5, 0.6) is 0 Å². The van der Waals surface area contributed by atoms with Crippen LogP contribution in [0.2, 0.25) is 5.02 Å². The van der Waals surface area contributed by atoms with E-state index in [1.165, 1.54) is 22.5 Å². The third-order valence-electron chi connectivity index (χ3n) is 4.62. The number of piperidine rings is 1. The Kier molecular flexibility index (Phi) is 7.60. The van der Waals surface area contributed by atoms with Crippen LogP contribution in [0, 0.1) is 0 Å². The van der Waals surface area contributed by atoms with Crippen LogP contribution in [0.3, 0.4) is 0 Å². The Balaban J connectivity index is 1.56. The van der Waals surface area contributed by atoms with Gasteiger partial charge in [0.25, 0.3) is 0 Å². The summed E-state index contributed by atoms with van der Waals surface area (Å²) in [5, 5.41) is 6.06. The average Bonchev–Trinajstić information content (AvgIpc) is 2.74. The Bertz CT molecular complexity index is 1050.